The van der Waals surface area contributed by atoms with Crippen molar-refractivity contribution in [3.63, 3.8) is 0 Å². The lowest BCUT2D eigenvalue weighted by molar-refractivity contribution is -0.148. The standard InChI is InChI=1S/C14H20O4/c1-10-6-5-7-11(10)13(16)17-9-8-12(15)18-14(2,3)4/h7-10H,5-6H2,1-4H3/b9-8+. The van der Waals surface area contributed by atoms with Crippen LogP contribution in [0.1, 0.15) is 40.5 Å². The van der Waals surface area contributed by atoms with E-state index in [1.165, 1.54) is 0 Å². The third-order valence-electron chi connectivity index (χ3n) is 2.52. The zero-order valence-electron chi connectivity index (χ0n) is 11.4. The molecule has 0 aromatic rings. The average molecular weight is 252 g/mol. The zero-order chi connectivity index (χ0) is 13.8. The smallest absolute Gasteiger partial charge is 0.338 e. The monoisotopic (exact) mass is 252 g/mol. The van der Waals surface area contributed by atoms with Crippen molar-refractivity contribution in [3.05, 3.63) is 24.0 Å². The summed E-state index contributed by atoms with van der Waals surface area (Å²) in [5.74, 6) is -0.684. The van der Waals surface area contributed by atoms with Gasteiger partial charge in [0.2, 0.25) is 0 Å². The molecular formula is C14H20O4. The van der Waals surface area contributed by atoms with Crippen molar-refractivity contribution in [3.8, 4) is 0 Å². The first-order valence-corrected chi connectivity index (χ1v) is 6.10. The molecule has 0 aromatic carbocycles. The van der Waals surface area contributed by atoms with Gasteiger partial charge in [0, 0.05) is 5.57 Å². The highest BCUT2D eigenvalue weighted by Gasteiger charge is 2.21. The van der Waals surface area contributed by atoms with Crippen LogP contribution in [0.3, 0.4) is 0 Å². The summed E-state index contributed by atoms with van der Waals surface area (Å²) < 4.78 is 9.93. The van der Waals surface area contributed by atoms with Crippen molar-refractivity contribution in [2.75, 3.05) is 0 Å². The Bertz CT molecular complexity index is 385. The molecule has 0 fully saturated rings. The number of esters is 2. The minimum atomic E-state index is -0.548. The third kappa shape index (κ3) is 4.73. The minimum absolute atomic E-state index is 0.229. The molecule has 0 N–H and O–H groups in total. The zero-order valence-corrected chi connectivity index (χ0v) is 11.4. The fourth-order valence-electron chi connectivity index (χ4n) is 1.69. The number of carbonyl (C=O) groups excluding carboxylic acids is 2. The van der Waals surface area contributed by atoms with Gasteiger partial charge in [-0.1, -0.05) is 13.0 Å². The third-order valence-corrected chi connectivity index (χ3v) is 2.52. The molecule has 1 aliphatic carbocycles. The molecule has 100 valence electrons. The average Bonchev–Trinajstić information content (AvgIpc) is 2.61. The van der Waals surface area contributed by atoms with Gasteiger partial charge in [0.15, 0.2) is 0 Å². The summed E-state index contributed by atoms with van der Waals surface area (Å²) in [6, 6.07) is 0. The molecule has 1 unspecified atom stereocenters. The van der Waals surface area contributed by atoms with Gasteiger partial charge in [0.1, 0.15) is 11.9 Å². The molecule has 4 nitrogen and oxygen atoms in total. The van der Waals surface area contributed by atoms with Gasteiger partial charge in [-0.15, -0.1) is 0 Å². The maximum atomic E-state index is 11.6. The van der Waals surface area contributed by atoms with Gasteiger partial charge in [-0.3, -0.25) is 0 Å². The van der Waals surface area contributed by atoms with Gasteiger partial charge < -0.3 is 9.47 Å². The molecule has 0 heterocycles. The van der Waals surface area contributed by atoms with Crippen LogP contribution in [0.2, 0.25) is 0 Å². The van der Waals surface area contributed by atoms with E-state index in [0.29, 0.717) is 5.57 Å². The number of hydrogen-bond donors (Lipinski definition) is 0. The lowest BCUT2D eigenvalue weighted by Gasteiger charge is -2.17. The molecule has 1 atom stereocenters. The molecule has 0 aliphatic heterocycles. The van der Waals surface area contributed by atoms with E-state index in [2.05, 4.69) is 0 Å². The van der Waals surface area contributed by atoms with Crippen molar-refractivity contribution < 1.29 is 19.1 Å². The van der Waals surface area contributed by atoms with E-state index in [9.17, 15) is 9.59 Å². The summed E-state index contributed by atoms with van der Waals surface area (Å²) in [7, 11) is 0. The Labute approximate surface area is 108 Å². The predicted octanol–water partition coefficient (Wildman–Crippen LogP) is 2.74. The first-order valence-electron chi connectivity index (χ1n) is 6.10. The summed E-state index contributed by atoms with van der Waals surface area (Å²) >= 11 is 0. The van der Waals surface area contributed by atoms with Crippen LogP contribution in [-0.4, -0.2) is 17.5 Å². The highest BCUT2D eigenvalue weighted by Crippen LogP contribution is 2.25. The predicted molar refractivity (Wildman–Crippen MR) is 67.6 cm³/mol. The summed E-state index contributed by atoms with van der Waals surface area (Å²) in [6.07, 6.45) is 5.96. The number of rotatable bonds is 3. The molecular weight excluding hydrogens is 232 g/mol. The molecule has 1 aliphatic rings. The second-order valence-electron chi connectivity index (χ2n) is 5.38. The van der Waals surface area contributed by atoms with E-state index in [1.54, 1.807) is 20.8 Å². The molecule has 0 saturated heterocycles. The van der Waals surface area contributed by atoms with E-state index in [1.807, 2.05) is 13.0 Å². The van der Waals surface area contributed by atoms with Crippen LogP contribution < -0.4 is 0 Å². The number of hydrogen-bond acceptors (Lipinski definition) is 4. The van der Waals surface area contributed by atoms with E-state index >= 15 is 0 Å². The number of allylic oxidation sites excluding steroid dienone is 1. The highest BCUT2D eigenvalue weighted by molar-refractivity contribution is 5.90. The van der Waals surface area contributed by atoms with Gasteiger partial charge in [-0.2, -0.15) is 0 Å². The van der Waals surface area contributed by atoms with E-state index in [-0.39, 0.29) is 11.9 Å². The molecule has 0 bridgehead atoms. The minimum Gasteiger partial charge on any atom is -0.457 e. The second kappa shape index (κ2) is 5.85. The van der Waals surface area contributed by atoms with Crippen molar-refractivity contribution in [2.24, 2.45) is 5.92 Å². The Morgan fingerprint density at radius 3 is 2.56 bits per heavy atom. The molecule has 0 radical (unpaired) electrons. The summed E-state index contributed by atoms with van der Waals surface area (Å²) in [5.41, 5.74) is 0.136. The summed E-state index contributed by atoms with van der Waals surface area (Å²) in [4.78, 5) is 22.9. The SMILES string of the molecule is CC1CCC=C1C(=O)O/C=C/C(=O)OC(C)(C)C. The van der Waals surface area contributed by atoms with Crippen LogP contribution >= 0.6 is 0 Å². The van der Waals surface area contributed by atoms with Crippen LogP contribution in [0.5, 0.6) is 0 Å². The van der Waals surface area contributed by atoms with Crippen molar-refractivity contribution in [1.29, 1.82) is 0 Å². The molecule has 4 heteroatoms. The maximum Gasteiger partial charge on any atom is 0.338 e. The second-order valence-corrected chi connectivity index (χ2v) is 5.38. The van der Waals surface area contributed by atoms with Crippen molar-refractivity contribution in [2.45, 2.75) is 46.1 Å². The molecule has 0 aromatic heterocycles. The fraction of sp³-hybridized carbons (Fsp3) is 0.571. The van der Waals surface area contributed by atoms with Crippen LogP contribution in [0.4, 0.5) is 0 Å². The van der Waals surface area contributed by atoms with E-state index in [0.717, 1.165) is 25.2 Å². The van der Waals surface area contributed by atoms with Gasteiger partial charge in [0.05, 0.1) is 6.08 Å². The highest BCUT2D eigenvalue weighted by atomic mass is 16.6. The van der Waals surface area contributed by atoms with Crippen LogP contribution in [0.25, 0.3) is 0 Å². The first kappa shape index (κ1) is 14.5. The first-order chi connectivity index (χ1) is 8.29. The van der Waals surface area contributed by atoms with E-state index < -0.39 is 11.6 Å². The summed E-state index contributed by atoms with van der Waals surface area (Å²) in [6.45, 7) is 7.30. The molecule has 1 rings (SSSR count). The molecule has 0 saturated carbocycles. The Morgan fingerprint density at radius 2 is 2.06 bits per heavy atom. The topological polar surface area (TPSA) is 52.6 Å². The van der Waals surface area contributed by atoms with Crippen molar-refractivity contribution in [1.82, 2.24) is 0 Å². The Balaban J connectivity index is 2.41. The largest absolute Gasteiger partial charge is 0.457 e. The molecule has 18 heavy (non-hydrogen) atoms. The lowest BCUT2D eigenvalue weighted by Crippen LogP contribution is -2.22. The number of carbonyl (C=O) groups is 2. The van der Waals surface area contributed by atoms with E-state index in [4.69, 9.17) is 9.47 Å². The number of ether oxygens (including phenoxy) is 2. The van der Waals surface area contributed by atoms with Gasteiger partial charge in [0.25, 0.3) is 0 Å². The van der Waals surface area contributed by atoms with Gasteiger partial charge >= 0.3 is 11.9 Å². The fourth-order valence-corrected chi connectivity index (χ4v) is 1.69. The quantitative estimate of drug-likeness (QED) is 0.440. The van der Waals surface area contributed by atoms with Crippen molar-refractivity contribution >= 4 is 11.9 Å². The molecule has 0 spiro atoms. The lowest BCUT2D eigenvalue weighted by atomic mass is 10.1. The Hall–Kier alpha value is -1.58. The maximum absolute atomic E-state index is 11.6. The van der Waals surface area contributed by atoms with Crippen LogP contribution in [0.15, 0.2) is 24.0 Å². The van der Waals surface area contributed by atoms with Crippen LogP contribution in [-0.2, 0) is 19.1 Å². The Kier molecular flexibility index (Phi) is 4.70. The normalized spacial score (nSPS) is 19.8. The van der Waals surface area contributed by atoms with Gasteiger partial charge in [-0.05, 0) is 39.5 Å². The van der Waals surface area contributed by atoms with Gasteiger partial charge in [-0.25, -0.2) is 9.59 Å². The summed E-state index contributed by atoms with van der Waals surface area (Å²) in [5, 5.41) is 0. The Morgan fingerprint density at radius 1 is 1.39 bits per heavy atom. The molecule has 0 amide bonds. The van der Waals surface area contributed by atoms with Crippen LogP contribution in [0, 0.1) is 5.92 Å².